The van der Waals surface area contributed by atoms with Gasteiger partial charge >= 0.3 is 0 Å². The molecule has 0 aliphatic carbocycles. The Bertz CT molecular complexity index is 1810. The van der Waals surface area contributed by atoms with Crippen molar-refractivity contribution in [2.75, 3.05) is 78.5 Å². The Labute approximate surface area is 353 Å². The van der Waals surface area contributed by atoms with E-state index in [9.17, 15) is 14.4 Å². The van der Waals surface area contributed by atoms with Gasteiger partial charge in [-0.1, -0.05) is 0 Å². The van der Waals surface area contributed by atoms with Gasteiger partial charge in [-0.25, -0.2) is 9.97 Å². The van der Waals surface area contributed by atoms with Crippen molar-refractivity contribution in [2.24, 2.45) is 25.9 Å². The zero-order chi connectivity index (χ0) is 40.8. The number of likely N-dealkylation sites (tertiary alicyclic amines) is 6. The number of ether oxygens (including phenoxy) is 1. The minimum Gasteiger partial charge on any atom is -0.359 e. The maximum Gasteiger partial charge on any atom is 0.251 e. The summed E-state index contributed by atoms with van der Waals surface area (Å²) in [5.74, 6) is 2.50. The summed E-state index contributed by atoms with van der Waals surface area (Å²) in [5, 5.41) is 7.35. The van der Waals surface area contributed by atoms with Crippen molar-refractivity contribution in [1.29, 1.82) is 0 Å². The maximum atomic E-state index is 12.4. The van der Waals surface area contributed by atoms with Crippen LogP contribution in [-0.2, 0) is 52.9 Å². The van der Waals surface area contributed by atoms with Gasteiger partial charge in [-0.2, -0.15) is 5.10 Å². The van der Waals surface area contributed by atoms with Crippen LogP contribution in [0, 0.1) is 11.8 Å². The first-order valence-corrected chi connectivity index (χ1v) is 23.1. The molecule has 0 aromatic carbocycles. The summed E-state index contributed by atoms with van der Waals surface area (Å²) in [4.78, 5) is 58.7. The summed E-state index contributed by atoms with van der Waals surface area (Å²) in [5.41, 5.74) is 1.17. The van der Waals surface area contributed by atoms with Crippen LogP contribution in [0.15, 0.2) is 36.4 Å². The van der Waals surface area contributed by atoms with Gasteiger partial charge in [0, 0.05) is 135 Å². The Morgan fingerprint density at radius 1 is 0.712 bits per heavy atom. The van der Waals surface area contributed by atoms with Crippen molar-refractivity contribution in [1.82, 2.24) is 53.7 Å². The van der Waals surface area contributed by atoms with E-state index in [0.717, 1.165) is 135 Å². The third-order valence-corrected chi connectivity index (χ3v) is 14.0. The molecule has 3 amide bonds. The van der Waals surface area contributed by atoms with Crippen LogP contribution in [0.5, 0.6) is 0 Å². The van der Waals surface area contributed by atoms with Crippen LogP contribution < -0.4 is 0 Å². The van der Waals surface area contributed by atoms with E-state index in [1.165, 1.54) is 44.1 Å². The number of carbonyl (C=O) groups is 3. The smallest absolute Gasteiger partial charge is 0.251 e. The number of rotatable bonds is 9. The van der Waals surface area contributed by atoms with Crippen molar-refractivity contribution in [3.05, 3.63) is 52.8 Å². The Balaban J connectivity index is 0.000000123. The number of carbonyl (C=O) groups excluding carboxylic acids is 3. The van der Waals surface area contributed by atoms with Gasteiger partial charge < -0.3 is 24.0 Å². The number of nitrogens with zero attached hydrogens (tertiary/aromatic N) is 11. The second-order valence-corrected chi connectivity index (χ2v) is 18.9. The molecule has 15 nitrogen and oxygen atoms in total. The topological polar surface area (TPSA) is 128 Å². The van der Waals surface area contributed by atoms with Gasteiger partial charge in [-0.3, -0.25) is 33.8 Å². The Kier molecular flexibility index (Phi) is 13.8. The van der Waals surface area contributed by atoms with Crippen LogP contribution >= 0.6 is 11.3 Å². The van der Waals surface area contributed by atoms with Gasteiger partial charge in [0.05, 0.1) is 36.7 Å². The highest BCUT2D eigenvalue weighted by atomic mass is 32.1. The van der Waals surface area contributed by atoms with Crippen molar-refractivity contribution < 1.29 is 19.1 Å². The molecule has 0 radical (unpaired) electrons. The van der Waals surface area contributed by atoms with Crippen LogP contribution in [0.25, 0.3) is 0 Å². The van der Waals surface area contributed by atoms with E-state index in [1.807, 2.05) is 64.6 Å². The molecule has 0 N–H and O–H groups in total. The van der Waals surface area contributed by atoms with Crippen molar-refractivity contribution in [3.8, 4) is 0 Å². The molecule has 322 valence electrons. The fourth-order valence-corrected chi connectivity index (χ4v) is 10.4. The molecule has 0 bridgehead atoms. The Morgan fingerprint density at radius 3 is 1.81 bits per heavy atom. The van der Waals surface area contributed by atoms with E-state index in [1.54, 1.807) is 11.3 Å². The lowest BCUT2D eigenvalue weighted by atomic mass is 9.91. The zero-order valence-electron chi connectivity index (χ0n) is 35.3. The lowest BCUT2D eigenvalue weighted by Gasteiger charge is -2.47. The molecule has 59 heavy (non-hydrogen) atoms. The zero-order valence-corrected chi connectivity index (χ0v) is 36.2. The molecule has 0 saturated carbocycles. The average molecular weight is 832 g/mol. The van der Waals surface area contributed by atoms with Crippen molar-refractivity contribution in [2.45, 2.75) is 95.5 Å². The number of hydrogen-bond acceptors (Lipinski definition) is 11. The van der Waals surface area contributed by atoms with Gasteiger partial charge in [0.15, 0.2) is 0 Å². The lowest BCUT2D eigenvalue weighted by Crippen LogP contribution is -2.61. The summed E-state index contributed by atoms with van der Waals surface area (Å²) < 4.78 is 10.0. The highest BCUT2D eigenvalue weighted by Crippen LogP contribution is 2.39. The monoisotopic (exact) mass is 831 g/mol. The Hall–Kier alpha value is -3.70. The molecule has 3 aromatic heterocycles. The van der Waals surface area contributed by atoms with Gasteiger partial charge in [-0.05, 0) is 64.2 Å². The molecule has 10 rings (SSSR count). The number of thiazole rings is 1. The van der Waals surface area contributed by atoms with E-state index in [2.05, 4.69) is 39.6 Å². The number of amides is 3. The van der Waals surface area contributed by atoms with Crippen LogP contribution in [0.3, 0.4) is 0 Å². The highest BCUT2D eigenvalue weighted by Gasteiger charge is 2.51. The number of piperidine rings is 2. The van der Waals surface area contributed by atoms with Crippen molar-refractivity contribution >= 4 is 29.1 Å². The molecule has 7 aliphatic heterocycles. The third kappa shape index (κ3) is 10.6. The number of aromatic nitrogens is 5. The second-order valence-electron chi connectivity index (χ2n) is 18.0. The summed E-state index contributed by atoms with van der Waals surface area (Å²) in [6.07, 6.45) is 20.9. The van der Waals surface area contributed by atoms with Gasteiger partial charge in [0.2, 0.25) is 11.8 Å². The molecule has 3 aromatic rings. The van der Waals surface area contributed by atoms with Crippen LogP contribution in [0.1, 0.15) is 80.6 Å². The quantitative estimate of drug-likeness (QED) is 0.317. The summed E-state index contributed by atoms with van der Waals surface area (Å²) in [6, 6.07) is 0. The molecule has 1 atom stereocenters. The fraction of sp³-hybridized carbons (Fsp3) is 0.721. The first kappa shape index (κ1) is 42.0. The standard InChI is InChI=1S/C15H21N3O2S.2C14H22N4O/c19-14(18-6-1-2-7-18)12-3-4-15(20-12)10-17(11-15)9-13-16-5-8-21-13;1-16-8-5-15-13(16)11-17-9-12(10-17)14(19)18-6-3-2-4-7-18;1-16-8-12(7-15-16)9-17-10-13(11-17)14(19)18-5-3-2-4-6-18/h5,8,12H,1-4,6-7,9-11H2;5,8,12H,2-4,6-7,9-11H2,1H3;7-8,13H,2-6,9-11H2,1H3. The van der Waals surface area contributed by atoms with E-state index in [4.69, 9.17) is 4.74 Å². The van der Waals surface area contributed by atoms with Crippen LogP contribution in [0.2, 0.25) is 0 Å². The predicted molar refractivity (Wildman–Crippen MR) is 225 cm³/mol. The van der Waals surface area contributed by atoms with E-state index in [-0.39, 0.29) is 29.4 Å². The molecule has 7 saturated heterocycles. The van der Waals surface area contributed by atoms with Crippen LogP contribution in [0.4, 0.5) is 0 Å². The SMILES string of the molecule is Cn1cc(CN2CC(C(=O)N3CCCCC3)C2)cn1.Cn1ccnc1CN1CC(C(=O)N2CCCCC2)C1.O=C(C1CCC2(CN(Cc3nccs3)C2)O1)N1CCCC1. The first-order valence-electron chi connectivity index (χ1n) is 22.2. The minimum atomic E-state index is -0.190. The van der Waals surface area contributed by atoms with Gasteiger partial charge in [0.25, 0.3) is 5.91 Å². The first-order chi connectivity index (χ1) is 28.7. The summed E-state index contributed by atoms with van der Waals surface area (Å²) in [6.45, 7) is 13.9. The van der Waals surface area contributed by atoms with E-state index in [0.29, 0.717) is 11.8 Å². The molecule has 1 spiro atoms. The van der Waals surface area contributed by atoms with Gasteiger partial charge in [-0.15, -0.1) is 11.3 Å². The summed E-state index contributed by atoms with van der Waals surface area (Å²) in [7, 11) is 3.95. The summed E-state index contributed by atoms with van der Waals surface area (Å²) >= 11 is 1.70. The van der Waals surface area contributed by atoms with Crippen molar-refractivity contribution in [3.63, 3.8) is 0 Å². The van der Waals surface area contributed by atoms with Crippen LogP contribution in [-0.4, -0.2) is 162 Å². The maximum absolute atomic E-state index is 12.4. The predicted octanol–water partition coefficient (Wildman–Crippen LogP) is 3.23. The Morgan fingerprint density at radius 2 is 1.29 bits per heavy atom. The normalized spacial score (nSPS) is 23.8. The van der Waals surface area contributed by atoms with E-state index < -0.39 is 0 Å². The lowest BCUT2D eigenvalue weighted by molar-refractivity contribution is -0.164. The highest BCUT2D eigenvalue weighted by molar-refractivity contribution is 7.09. The molecule has 1 unspecified atom stereocenters. The molecule has 16 heteroatoms. The number of imidazole rings is 1. The molecular formula is C43H65N11O4S. The fourth-order valence-electron chi connectivity index (χ4n) is 9.78. The number of aryl methyl sites for hydroxylation is 2. The molecule has 10 heterocycles. The van der Waals surface area contributed by atoms with E-state index >= 15 is 0 Å². The largest absolute Gasteiger partial charge is 0.359 e. The van der Waals surface area contributed by atoms with Gasteiger partial charge in [0.1, 0.15) is 16.9 Å². The average Bonchev–Trinajstić information content (AvgIpc) is 4.08. The molecule has 7 fully saturated rings. The molecule has 7 aliphatic rings. The third-order valence-electron chi connectivity index (χ3n) is 13.2. The minimum absolute atomic E-state index is 0.0582. The number of hydrogen-bond donors (Lipinski definition) is 0. The molecular weight excluding hydrogens is 767 g/mol. The second kappa shape index (κ2) is 19.3.